The number of ether oxygens (including phenoxy) is 3. The molecule has 0 aromatic heterocycles. The molecule has 0 aliphatic rings. The van der Waals surface area contributed by atoms with Crippen LogP contribution in [0.15, 0.2) is 36.4 Å². The highest BCUT2D eigenvalue weighted by atomic mass is 16.5. The minimum Gasteiger partial charge on any atom is -0.493 e. The van der Waals surface area contributed by atoms with Crippen LogP contribution in [0.2, 0.25) is 0 Å². The number of rotatable bonds is 7. The Balaban J connectivity index is 1.94. The lowest BCUT2D eigenvalue weighted by Crippen LogP contribution is -2.46. The van der Waals surface area contributed by atoms with E-state index < -0.39 is 17.7 Å². The Morgan fingerprint density at radius 1 is 0.862 bits per heavy atom. The van der Waals surface area contributed by atoms with Gasteiger partial charge in [0.25, 0.3) is 17.7 Å². The Labute approximate surface area is 168 Å². The average Bonchev–Trinajstić information content (AvgIpc) is 2.74. The van der Waals surface area contributed by atoms with Gasteiger partial charge in [0, 0.05) is 11.1 Å². The van der Waals surface area contributed by atoms with Gasteiger partial charge in [-0.15, -0.1) is 0 Å². The summed E-state index contributed by atoms with van der Waals surface area (Å²) < 4.78 is 15.6. The van der Waals surface area contributed by atoms with Gasteiger partial charge in [-0.2, -0.15) is 0 Å². The van der Waals surface area contributed by atoms with Crippen LogP contribution in [0.25, 0.3) is 0 Å². The number of nitrogens with one attached hydrogen (secondary N) is 3. The topological polar surface area (TPSA) is 115 Å². The van der Waals surface area contributed by atoms with E-state index in [9.17, 15) is 14.4 Å². The van der Waals surface area contributed by atoms with Crippen LogP contribution in [-0.2, 0) is 4.79 Å². The van der Waals surface area contributed by atoms with Crippen LogP contribution in [0.3, 0.4) is 0 Å². The molecule has 0 saturated carbocycles. The van der Waals surface area contributed by atoms with Crippen LogP contribution in [0.4, 0.5) is 0 Å². The molecular formula is C20H23N3O6. The van der Waals surface area contributed by atoms with Crippen LogP contribution < -0.4 is 30.4 Å². The third kappa shape index (κ3) is 5.38. The zero-order valence-corrected chi connectivity index (χ0v) is 16.6. The Morgan fingerprint density at radius 2 is 1.48 bits per heavy atom. The van der Waals surface area contributed by atoms with E-state index in [0.717, 1.165) is 5.56 Å². The van der Waals surface area contributed by atoms with Crippen LogP contribution in [0.1, 0.15) is 26.3 Å². The normalized spacial score (nSPS) is 9.93. The number of aryl methyl sites for hydroxylation is 1. The van der Waals surface area contributed by atoms with Gasteiger partial charge in [-0.3, -0.25) is 25.2 Å². The van der Waals surface area contributed by atoms with E-state index in [2.05, 4.69) is 16.2 Å². The highest BCUT2D eigenvalue weighted by molar-refractivity contribution is 5.99. The van der Waals surface area contributed by atoms with Gasteiger partial charge in [0.15, 0.2) is 11.5 Å². The molecule has 0 heterocycles. The van der Waals surface area contributed by atoms with Crippen molar-refractivity contribution in [3.8, 4) is 17.2 Å². The number of carbonyl (C=O) groups excluding carboxylic acids is 3. The Kier molecular flexibility index (Phi) is 7.41. The molecule has 0 aliphatic carbocycles. The molecule has 154 valence electrons. The summed E-state index contributed by atoms with van der Waals surface area (Å²) in [7, 11) is 4.32. The second kappa shape index (κ2) is 9.98. The number of hydrazine groups is 1. The molecule has 0 unspecified atom stereocenters. The van der Waals surface area contributed by atoms with Gasteiger partial charge in [0.1, 0.15) is 0 Å². The highest BCUT2D eigenvalue weighted by Crippen LogP contribution is 2.38. The largest absolute Gasteiger partial charge is 0.493 e. The van der Waals surface area contributed by atoms with E-state index in [0.29, 0.717) is 22.8 Å². The first-order chi connectivity index (χ1) is 13.9. The Bertz CT molecular complexity index is 888. The molecule has 2 aromatic rings. The fourth-order valence-electron chi connectivity index (χ4n) is 2.54. The van der Waals surface area contributed by atoms with Crippen molar-refractivity contribution in [1.82, 2.24) is 16.2 Å². The summed E-state index contributed by atoms with van der Waals surface area (Å²) >= 11 is 0. The second-order valence-corrected chi connectivity index (χ2v) is 5.91. The van der Waals surface area contributed by atoms with Crippen LogP contribution in [0, 0.1) is 6.92 Å². The maximum absolute atomic E-state index is 12.4. The first-order valence-corrected chi connectivity index (χ1v) is 8.64. The average molecular weight is 401 g/mol. The number of benzene rings is 2. The van der Waals surface area contributed by atoms with Crippen molar-refractivity contribution in [2.45, 2.75) is 6.92 Å². The third-order valence-corrected chi connectivity index (χ3v) is 4.04. The summed E-state index contributed by atoms with van der Waals surface area (Å²) in [6.45, 7) is 1.44. The van der Waals surface area contributed by atoms with Crippen LogP contribution in [0.5, 0.6) is 17.2 Å². The van der Waals surface area contributed by atoms with Crippen LogP contribution in [-0.4, -0.2) is 45.6 Å². The van der Waals surface area contributed by atoms with Gasteiger partial charge in [0.2, 0.25) is 5.75 Å². The standard InChI is InChI=1S/C20H23N3O6/c1-12-7-5-6-8-14(12)20(26)23-22-17(24)11-21-19(25)13-9-15(27-2)18(29-4)16(10-13)28-3/h5-10H,11H2,1-4H3,(H,21,25)(H,22,24)(H,23,26). The van der Waals surface area contributed by atoms with E-state index in [-0.39, 0.29) is 12.1 Å². The third-order valence-electron chi connectivity index (χ3n) is 4.04. The van der Waals surface area contributed by atoms with E-state index in [1.807, 2.05) is 6.07 Å². The molecule has 3 amide bonds. The maximum Gasteiger partial charge on any atom is 0.269 e. The Morgan fingerprint density at radius 3 is 2.03 bits per heavy atom. The summed E-state index contributed by atoms with van der Waals surface area (Å²) in [5, 5.41) is 2.46. The van der Waals surface area contributed by atoms with Crippen LogP contribution >= 0.6 is 0 Å². The molecular weight excluding hydrogens is 378 g/mol. The zero-order valence-electron chi connectivity index (χ0n) is 16.6. The first-order valence-electron chi connectivity index (χ1n) is 8.64. The minimum absolute atomic E-state index is 0.219. The SMILES string of the molecule is COc1cc(C(=O)NCC(=O)NNC(=O)c2ccccc2C)cc(OC)c1OC. The zero-order chi connectivity index (χ0) is 21.4. The predicted octanol–water partition coefficient (Wildman–Crippen LogP) is 1.21. The number of amides is 3. The van der Waals surface area contributed by atoms with E-state index >= 15 is 0 Å². The lowest BCUT2D eigenvalue weighted by Gasteiger charge is -2.14. The molecule has 0 aliphatic heterocycles. The summed E-state index contributed by atoms with van der Waals surface area (Å²) in [4.78, 5) is 36.4. The monoisotopic (exact) mass is 401 g/mol. The fraction of sp³-hybridized carbons (Fsp3) is 0.250. The lowest BCUT2D eigenvalue weighted by molar-refractivity contribution is -0.120. The smallest absolute Gasteiger partial charge is 0.269 e. The van der Waals surface area contributed by atoms with Gasteiger partial charge in [0.05, 0.1) is 27.9 Å². The number of hydrogen-bond acceptors (Lipinski definition) is 6. The van der Waals surface area contributed by atoms with Crippen molar-refractivity contribution in [3.05, 3.63) is 53.1 Å². The molecule has 0 fully saturated rings. The molecule has 0 radical (unpaired) electrons. The molecule has 0 atom stereocenters. The van der Waals surface area contributed by atoms with Crippen molar-refractivity contribution in [3.63, 3.8) is 0 Å². The molecule has 0 bridgehead atoms. The molecule has 9 heteroatoms. The predicted molar refractivity (Wildman–Crippen MR) is 105 cm³/mol. The number of carbonyl (C=O) groups is 3. The Hall–Kier alpha value is -3.75. The van der Waals surface area contributed by atoms with Gasteiger partial charge in [-0.05, 0) is 30.7 Å². The summed E-state index contributed by atoms with van der Waals surface area (Å²) in [6.07, 6.45) is 0. The molecule has 3 N–H and O–H groups in total. The molecule has 2 rings (SSSR count). The summed E-state index contributed by atoms with van der Waals surface area (Å²) in [5.41, 5.74) is 6.00. The van der Waals surface area contributed by atoms with Gasteiger partial charge in [-0.25, -0.2) is 0 Å². The quantitative estimate of drug-likeness (QED) is 0.601. The van der Waals surface area contributed by atoms with E-state index in [1.54, 1.807) is 25.1 Å². The number of hydrogen-bond donors (Lipinski definition) is 3. The summed E-state index contributed by atoms with van der Waals surface area (Å²) in [5.74, 6) is -0.591. The first kappa shape index (κ1) is 21.5. The molecule has 29 heavy (non-hydrogen) atoms. The van der Waals surface area contributed by atoms with E-state index in [1.165, 1.54) is 33.5 Å². The van der Waals surface area contributed by atoms with Crippen molar-refractivity contribution >= 4 is 17.7 Å². The molecule has 9 nitrogen and oxygen atoms in total. The van der Waals surface area contributed by atoms with Gasteiger partial charge in [-0.1, -0.05) is 18.2 Å². The van der Waals surface area contributed by atoms with Crippen molar-refractivity contribution in [1.29, 1.82) is 0 Å². The number of methoxy groups -OCH3 is 3. The lowest BCUT2D eigenvalue weighted by atomic mass is 10.1. The second-order valence-electron chi connectivity index (χ2n) is 5.91. The van der Waals surface area contributed by atoms with Crippen molar-refractivity contribution in [2.75, 3.05) is 27.9 Å². The van der Waals surface area contributed by atoms with Gasteiger partial charge >= 0.3 is 0 Å². The minimum atomic E-state index is -0.590. The molecule has 2 aromatic carbocycles. The van der Waals surface area contributed by atoms with Crippen molar-refractivity contribution in [2.24, 2.45) is 0 Å². The maximum atomic E-state index is 12.4. The van der Waals surface area contributed by atoms with Gasteiger partial charge < -0.3 is 19.5 Å². The highest BCUT2D eigenvalue weighted by Gasteiger charge is 2.17. The van der Waals surface area contributed by atoms with Crippen molar-refractivity contribution < 1.29 is 28.6 Å². The molecule has 0 saturated heterocycles. The van der Waals surface area contributed by atoms with E-state index in [4.69, 9.17) is 14.2 Å². The molecule has 0 spiro atoms. The summed E-state index contributed by atoms with van der Waals surface area (Å²) in [6, 6.07) is 9.89. The fourth-order valence-corrected chi connectivity index (χ4v) is 2.54.